The van der Waals surface area contributed by atoms with Gasteiger partial charge in [0.2, 0.25) is 6.10 Å². The number of benzene rings is 3. The zero-order valence-corrected chi connectivity index (χ0v) is 14.5. The number of carbonyl (C=O) groups excluding carboxylic acids is 1. The largest absolute Gasteiger partial charge is 0.474 e. The summed E-state index contributed by atoms with van der Waals surface area (Å²) < 4.78 is 5.98. The molecular formula is C21H15ClN2O2. The van der Waals surface area contributed by atoms with Gasteiger partial charge in [0.1, 0.15) is 11.5 Å². The predicted molar refractivity (Wildman–Crippen MR) is 103 cm³/mol. The first kappa shape index (κ1) is 16.4. The van der Waals surface area contributed by atoms with Crippen molar-refractivity contribution < 1.29 is 9.53 Å². The van der Waals surface area contributed by atoms with Gasteiger partial charge in [-0.3, -0.25) is 4.79 Å². The molecule has 3 aromatic carbocycles. The molecule has 1 heterocycles. The van der Waals surface area contributed by atoms with E-state index in [0.717, 1.165) is 5.56 Å². The summed E-state index contributed by atoms with van der Waals surface area (Å²) in [5.74, 6) is 0.330. The van der Waals surface area contributed by atoms with Crippen molar-refractivity contribution in [3.8, 4) is 5.75 Å². The van der Waals surface area contributed by atoms with Crippen molar-refractivity contribution in [2.24, 2.45) is 5.10 Å². The molecule has 5 heteroatoms. The number of hydrogen-bond donors (Lipinski definition) is 0. The summed E-state index contributed by atoms with van der Waals surface area (Å²) in [5, 5.41) is 6.56. The molecule has 0 fully saturated rings. The number of nitrogens with zero attached hydrogens (tertiary/aromatic N) is 2. The highest BCUT2D eigenvalue weighted by Gasteiger charge is 2.39. The van der Waals surface area contributed by atoms with Crippen LogP contribution in [-0.2, 0) is 4.79 Å². The molecule has 128 valence electrons. The van der Waals surface area contributed by atoms with E-state index in [-0.39, 0.29) is 5.91 Å². The Balaban J connectivity index is 1.72. The summed E-state index contributed by atoms with van der Waals surface area (Å²) in [4.78, 5) is 13.0. The highest BCUT2D eigenvalue weighted by molar-refractivity contribution is 6.30. The third-order valence-corrected chi connectivity index (χ3v) is 4.28. The number of rotatable bonds is 4. The van der Waals surface area contributed by atoms with E-state index < -0.39 is 6.10 Å². The molecule has 0 bridgehead atoms. The second kappa shape index (κ2) is 7.02. The summed E-state index contributed by atoms with van der Waals surface area (Å²) in [6.07, 6.45) is -0.821. The second-order valence-corrected chi connectivity index (χ2v) is 6.23. The lowest BCUT2D eigenvalue weighted by Gasteiger charge is -2.16. The summed E-state index contributed by atoms with van der Waals surface area (Å²) >= 11 is 5.93. The maximum Gasteiger partial charge on any atom is 0.294 e. The standard InChI is InChI=1S/C21H15ClN2O2/c22-16-11-13-18(14-12-16)26-20-19(15-7-3-1-4-8-15)23-24(21(20)25)17-9-5-2-6-10-17/h1-14,20H. The quantitative estimate of drug-likeness (QED) is 0.683. The molecule has 1 aliphatic rings. The molecular weight excluding hydrogens is 348 g/mol. The van der Waals surface area contributed by atoms with Gasteiger partial charge < -0.3 is 4.74 Å². The van der Waals surface area contributed by atoms with E-state index in [1.165, 1.54) is 5.01 Å². The van der Waals surface area contributed by atoms with E-state index in [4.69, 9.17) is 16.3 Å². The van der Waals surface area contributed by atoms with E-state index >= 15 is 0 Å². The Morgan fingerprint density at radius 1 is 0.846 bits per heavy atom. The third kappa shape index (κ3) is 3.19. The highest BCUT2D eigenvalue weighted by Crippen LogP contribution is 2.26. The summed E-state index contributed by atoms with van der Waals surface area (Å²) in [6, 6.07) is 25.8. The lowest BCUT2D eigenvalue weighted by molar-refractivity contribution is -0.121. The molecule has 0 aliphatic carbocycles. The number of hydrazone groups is 1. The van der Waals surface area contributed by atoms with Crippen LogP contribution in [0.4, 0.5) is 5.69 Å². The second-order valence-electron chi connectivity index (χ2n) is 5.79. The van der Waals surface area contributed by atoms with Crippen LogP contribution in [-0.4, -0.2) is 17.7 Å². The topological polar surface area (TPSA) is 41.9 Å². The van der Waals surface area contributed by atoms with Crippen LogP contribution in [0.3, 0.4) is 0 Å². The van der Waals surface area contributed by atoms with Crippen LogP contribution in [0.2, 0.25) is 5.02 Å². The van der Waals surface area contributed by atoms with Crippen LogP contribution < -0.4 is 9.75 Å². The van der Waals surface area contributed by atoms with Crippen molar-refractivity contribution in [1.82, 2.24) is 0 Å². The first-order valence-electron chi connectivity index (χ1n) is 8.17. The molecule has 0 aromatic heterocycles. The van der Waals surface area contributed by atoms with Gasteiger partial charge in [-0.1, -0.05) is 60.1 Å². The van der Waals surface area contributed by atoms with Crippen molar-refractivity contribution in [3.63, 3.8) is 0 Å². The minimum absolute atomic E-state index is 0.231. The SMILES string of the molecule is O=C1C(Oc2ccc(Cl)cc2)C(c2ccccc2)=NN1c1ccccc1. The van der Waals surface area contributed by atoms with Gasteiger partial charge in [0.15, 0.2) is 0 Å². The van der Waals surface area contributed by atoms with Gasteiger partial charge in [-0.15, -0.1) is 0 Å². The molecule has 4 rings (SSSR count). The fraction of sp³-hybridized carbons (Fsp3) is 0.0476. The number of para-hydroxylation sites is 1. The third-order valence-electron chi connectivity index (χ3n) is 4.03. The molecule has 26 heavy (non-hydrogen) atoms. The number of halogens is 1. The van der Waals surface area contributed by atoms with Crippen LogP contribution in [0.15, 0.2) is 90.0 Å². The van der Waals surface area contributed by atoms with E-state index in [1.807, 2.05) is 60.7 Å². The fourth-order valence-corrected chi connectivity index (χ4v) is 2.89. The lowest BCUT2D eigenvalue weighted by Crippen LogP contribution is -2.37. The van der Waals surface area contributed by atoms with E-state index in [2.05, 4.69) is 5.10 Å². The van der Waals surface area contributed by atoms with Gasteiger partial charge in [-0.2, -0.15) is 10.1 Å². The Hall–Kier alpha value is -3.11. The maximum atomic E-state index is 13.0. The fourth-order valence-electron chi connectivity index (χ4n) is 2.77. The molecule has 1 amide bonds. The van der Waals surface area contributed by atoms with Crippen molar-refractivity contribution >= 4 is 28.9 Å². The number of ether oxygens (including phenoxy) is 1. The molecule has 1 atom stereocenters. The summed E-state index contributed by atoms with van der Waals surface area (Å²) in [7, 11) is 0. The van der Waals surface area contributed by atoms with E-state index in [0.29, 0.717) is 22.2 Å². The lowest BCUT2D eigenvalue weighted by atomic mass is 10.1. The first-order valence-corrected chi connectivity index (χ1v) is 8.55. The van der Waals surface area contributed by atoms with Crippen molar-refractivity contribution in [2.75, 3.05) is 5.01 Å². The Morgan fingerprint density at radius 3 is 2.12 bits per heavy atom. The van der Waals surface area contributed by atoms with Crippen molar-refractivity contribution in [1.29, 1.82) is 0 Å². The summed E-state index contributed by atoms with van der Waals surface area (Å²) in [5.41, 5.74) is 2.13. The van der Waals surface area contributed by atoms with Crippen LogP contribution in [0.1, 0.15) is 5.56 Å². The summed E-state index contributed by atoms with van der Waals surface area (Å²) in [6.45, 7) is 0. The predicted octanol–water partition coefficient (Wildman–Crippen LogP) is 4.54. The minimum Gasteiger partial charge on any atom is -0.474 e. The number of carbonyl (C=O) groups is 1. The molecule has 1 unspecified atom stereocenters. The molecule has 1 aliphatic heterocycles. The Bertz CT molecular complexity index is 941. The van der Waals surface area contributed by atoms with Gasteiger partial charge in [0.05, 0.1) is 5.69 Å². The van der Waals surface area contributed by atoms with E-state index in [1.54, 1.807) is 24.3 Å². The van der Waals surface area contributed by atoms with Crippen LogP contribution >= 0.6 is 11.6 Å². The smallest absolute Gasteiger partial charge is 0.294 e. The highest BCUT2D eigenvalue weighted by atomic mass is 35.5. The number of amides is 1. The van der Waals surface area contributed by atoms with Gasteiger partial charge in [-0.25, -0.2) is 0 Å². The number of anilines is 1. The van der Waals surface area contributed by atoms with Gasteiger partial charge in [0.25, 0.3) is 5.91 Å². The molecule has 0 saturated heterocycles. The molecule has 0 saturated carbocycles. The Morgan fingerprint density at radius 2 is 1.46 bits per heavy atom. The number of hydrogen-bond acceptors (Lipinski definition) is 3. The normalized spacial score (nSPS) is 16.5. The van der Waals surface area contributed by atoms with Crippen LogP contribution in [0.5, 0.6) is 5.75 Å². The molecule has 0 radical (unpaired) electrons. The monoisotopic (exact) mass is 362 g/mol. The van der Waals surface area contributed by atoms with Gasteiger partial charge >= 0.3 is 0 Å². The Kier molecular flexibility index (Phi) is 4.42. The van der Waals surface area contributed by atoms with Gasteiger partial charge in [-0.05, 0) is 36.4 Å². The average molecular weight is 363 g/mol. The molecule has 3 aromatic rings. The molecule has 0 spiro atoms. The zero-order chi connectivity index (χ0) is 17.9. The minimum atomic E-state index is -0.821. The zero-order valence-electron chi connectivity index (χ0n) is 13.7. The van der Waals surface area contributed by atoms with Gasteiger partial charge in [0, 0.05) is 10.6 Å². The maximum absolute atomic E-state index is 13.0. The molecule has 4 nitrogen and oxygen atoms in total. The van der Waals surface area contributed by atoms with Crippen LogP contribution in [0.25, 0.3) is 0 Å². The first-order chi connectivity index (χ1) is 12.7. The van der Waals surface area contributed by atoms with Crippen molar-refractivity contribution in [2.45, 2.75) is 6.10 Å². The Labute approximate surface area is 156 Å². The average Bonchev–Trinajstić information content (AvgIpc) is 3.01. The van der Waals surface area contributed by atoms with E-state index in [9.17, 15) is 4.79 Å². The van der Waals surface area contributed by atoms with Crippen molar-refractivity contribution in [3.05, 3.63) is 95.5 Å². The molecule has 0 N–H and O–H groups in total. The van der Waals surface area contributed by atoms with Crippen LogP contribution in [0, 0.1) is 0 Å².